The monoisotopic (exact) mass is 354 g/mol. The zero-order valence-corrected chi connectivity index (χ0v) is 15.3. The Hall–Kier alpha value is -3.33. The third-order valence-corrected chi connectivity index (χ3v) is 4.70. The lowest BCUT2D eigenvalue weighted by Gasteiger charge is -2.21. The van der Waals surface area contributed by atoms with Crippen molar-refractivity contribution in [2.45, 2.75) is 12.5 Å². The SMILES string of the molecule is COc1ccc(N2N=C(c3ccccc3)CC2/C=C/c2ccccc2)cc1. The summed E-state index contributed by atoms with van der Waals surface area (Å²) in [5.41, 5.74) is 4.53. The van der Waals surface area contributed by atoms with Gasteiger partial charge in [-0.15, -0.1) is 0 Å². The summed E-state index contributed by atoms with van der Waals surface area (Å²) < 4.78 is 5.29. The molecule has 0 N–H and O–H groups in total. The Balaban J connectivity index is 1.65. The molecule has 1 heterocycles. The Morgan fingerprint density at radius 2 is 1.56 bits per heavy atom. The van der Waals surface area contributed by atoms with Crippen LogP contribution in [-0.4, -0.2) is 18.9 Å². The van der Waals surface area contributed by atoms with Crippen molar-refractivity contribution in [2.75, 3.05) is 12.1 Å². The molecule has 3 aromatic rings. The van der Waals surface area contributed by atoms with E-state index in [-0.39, 0.29) is 6.04 Å². The first-order chi connectivity index (χ1) is 13.3. The molecule has 0 bridgehead atoms. The molecular formula is C24H22N2O. The third kappa shape index (κ3) is 3.93. The van der Waals surface area contributed by atoms with Gasteiger partial charge in [-0.25, -0.2) is 0 Å². The molecule has 3 nitrogen and oxygen atoms in total. The Kier molecular flexibility index (Phi) is 5.01. The van der Waals surface area contributed by atoms with E-state index in [1.807, 2.05) is 24.3 Å². The average molecular weight is 354 g/mol. The fourth-order valence-corrected chi connectivity index (χ4v) is 3.26. The van der Waals surface area contributed by atoms with E-state index in [2.05, 4.69) is 77.8 Å². The number of benzene rings is 3. The van der Waals surface area contributed by atoms with Gasteiger partial charge in [0.05, 0.1) is 24.6 Å². The second kappa shape index (κ2) is 7.92. The number of hydrogen-bond acceptors (Lipinski definition) is 3. The minimum Gasteiger partial charge on any atom is -0.497 e. The highest BCUT2D eigenvalue weighted by atomic mass is 16.5. The van der Waals surface area contributed by atoms with E-state index in [4.69, 9.17) is 9.84 Å². The smallest absolute Gasteiger partial charge is 0.119 e. The highest BCUT2D eigenvalue weighted by molar-refractivity contribution is 6.03. The van der Waals surface area contributed by atoms with Crippen LogP contribution in [0.1, 0.15) is 17.5 Å². The molecule has 0 radical (unpaired) electrons. The number of hydrazone groups is 1. The minimum absolute atomic E-state index is 0.175. The number of nitrogens with zero attached hydrogens (tertiary/aromatic N) is 2. The molecular weight excluding hydrogens is 332 g/mol. The first-order valence-corrected chi connectivity index (χ1v) is 9.13. The van der Waals surface area contributed by atoms with Gasteiger partial charge in [-0.05, 0) is 35.4 Å². The van der Waals surface area contributed by atoms with Gasteiger partial charge in [0, 0.05) is 6.42 Å². The van der Waals surface area contributed by atoms with Crippen LogP contribution in [-0.2, 0) is 0 Å². The molecule has 0 spiro atoms. The molecule has 0 saturated heterocycles. The fourth-order valence-electron chi connectivity index (χ4n) is 3.26. The third-order valence-electron chi connectivity index (χ3n) is 4.70. The van der Waals surface area contributed by atoms with Gasteiger partial charge in [-0.2, -0.15) is 5.10 Å². The largest absolute Gasteiger partial charge is 0.497 e. The Labute approximate surface area is 160 Å². The predicted molar refractivity (Wildman–Crippen MR) is 112 cm³/mol. The first-order valence-electron chi connectivity index (χ1n) is 9.13. The van der Waals surface area contributed by atoms with Gasteiger partial charge < -0.3 is 4.74 Å². The van der Waals surface area contributed by atoms with Crippen LogP contribution >= 0.6 is 0 Å². The van der Waals surface area contributed by atoms with Crippen LogP contribution in [0.5, 0.6) is 5.75 Å². The van der Waals surface area contributed by atoms with E-state index in [0.717, 1.165) is 23.6 Å². The van der Waals surface area contributed by atoms with Crippen molar-refractivity contribution in [3.63, 3.8) is 0 Å². The maximum atomic E-state index is 5.29. The highest BCUT2D eigenvalue weighted by Gasteiger charge is 2.26. The van der Waals surface area contributed by atoms with Gasteiger partial charge >= 0.3 is 0 Å². The second-order valence-corrected chi connectivity index (χ2v) is 6.50. The van der Waals surface area contributed by atoms with E-state index in [0.29, 0.717) is 0 Å². The standard InChI is InChI=1S/C24H22N2O/c1-27-23-16-14-21(15-17-23)26-22(13-12-19-8-4-2-5-9-19)18-24(25-26)20-10-6-3-7-11-20/h2-17,22H,18H2,1H3/b13-12+. The highest BCUT2D eigenvalue weighted by Crippen LogP contribution is 2.29. The van der Waals surface area contributed by atoms with Gasteiger partial charge in [0.2, 0.25) is 0 Å². The van der Waals surface area contributed by atoms with Crippen LogP contribution in [0.2, 0.25) is 0 Å². The second-order valence-electron chi connectivity index (χ2n) is 6.50. The molecule has 0 fully saturated rings. The van der Waals surface area contributed by atoms with Crippen LogP contribution in [0.4, 0.5) is 5.69 Å². The van der Waals surface area contributed by atoms with Gasteiger partial charge in [-0.1, -0.05) is 72.8 Å². The summed E-state index contributed by atoms with van der Waals surface area (Å²) in [6.07, 6.45) is 5.28. The number of anilines is 1. The van der Waals surface area contributed by atoms with Gasteiger partial charge in [0.25, 0.3) is 0 Å². The lowest BCUT2D eigenvalue weighted by molar-refractivity contribution is 0.415. The Morgan fingerprint density at radius 1 is 0.889 bits per heavy atom. The Morgan fingerprint density at radius 3 is 2.22 bits per heavy atom. The number of ether oxygens (including phenoxy) is 1. The van der Waals surface area contributed by atoms with E-state index < -0.39 is 0 Å². The van der Waals surface area contributed by atoms with Crippen molar-refractivity contribution >= 4 is 17.5 Å². The summed E-state index contributed by atoms with van der Waals surface area (Å²) in [7, 11) is 1.68. The van der Waals surface area contributed by atoms with Crippen molar-refractivity contribution in [1.29, 1.82) is 0 Å². The van der Waals surface area contributed by atoms with Gasteiger partial charge in [0.1, 0.15) is 5.75 Å². The molecule has 0 aromatic heterocycles. The molecule has 27 heavy (non-hydrogen) atoms. The lowest BCUT2D eigenvalue weighted by atomic mass is 10.0. The molecule has 0 amide bonds. The molecule has 4 rings (SSSR count). The van der Waals surface area contributed by atoms with E-state index in [1.165, 1.54) is 11.1 Å². The summed E-state index contributed by atoms with van der Waals surface area (Å²) in [6.45, 7) is 0. The summed E-state index contributed by atoms with van der Waals surface area (Å²) in [6, 6.07) is 29.0. The number of methoxy groups -OCH3 is 1. The zero-order chi connectivity index (χ0) is 18.5. The van der Waals surface area contributed by atoms with Gasteiger partial charge in [0.15, 0.2) is 0 Å². The van der Waals surface area contributed by atoms with Crippen molar-refractivity contribution in [2.24, 2.45) is 5.10 Å². The molecule has 0 saturated carbocycles. The van der Waals surface area contributed by atoms with E-state index in [9.17, 15) is 0 Å². The molecule has 1 aliphatic rings. The maximum absolute atomic E-state index is 5.29. The van der Waals surface area contributed by atoms with Crippen molar-refractivity contribution in [1.82, 2.24) is 0 Å². The van der Waals surface area contributed by atoms with E-state index >= 15 is 0 Å². The average Bonchev–Trinajstić information content (AvgIpc) is 3.18. The maximum Gasteiger partial charge on any atom is 0.119 e. The van der Waals surface area contributed by atoms with E-state index in [1.54, 1.807) is 7.11 Å². The number of rotatable bonds is 5. The molecule has 0 aliphatic carbocycles. The molecule has 134 valence electrons. The minimum atomic E-state index is 0.175. The number of hydrogen-bond donors (Lipinski definition) is 0. The van der Waals surface area contributed by atoms with Gasteiger partial charge in [-0.3, -0.25) is 5.01 Å². The van der Waals surface area contributed by atoms with Crippen LogP contribution in [0, 0.1) is 0 Å². The van der Waals surface area contributed by atoms with Crippen molar-refractivity contribution < 1.29 is 4.74 Å². The predicted octanol–water partition coefficient (Wildman–Crippen LogP) is 5.39. The normalized spacial score (nSPS) is 16.6. The summed E-state index contributed by atoms with van der Waals surface area (Å²) in [5, 5.41) is 7.03. The molecule has 1 unspecified atom stereocenters. The summed E-state index contributed by atoms with van der Waals surface area (Å²) >= 11 is 0. The molecule has 1 aliphatic heterocycles. The topological polar surface area (TPSA) is 24.8 Å². The summed E-state index contributed by atoms with van der Waals surface area (Å²) in [5.74, 6) is 0.849. The lowest BCUT2D eigenvalue weighted by Crippen LogP contribution is -2.24. The zero-order valence-electron chi connectivity index (χ0n) is 15.3. The molecule has 1 atom stereocenters. The molecule has 3 heteroatoms. The van der Waals surface area contributed by atoms with Crippen LogP contribution < -0.4 is 9.75 Å². The fraction of sp³-hybridized carbons (Fsp3) is 0.125. The van der Waals surface area contributed by atoms with Crippen molar-refractivity contribution in [3.8, 4) is 5.75 Å². The first kappa shape index (κ1) is 17.1. The quantitative estimate of drug-likeness (QED) is 0.613. The van der Waals surface area contributed by atoms with Crippen LogP contribution in [0.25, 0.3) is 6.08 Å². The van der Waals surface area contributed by atoms with Crippen LogP contribution in [0.15, 0.2) is 96.1 Å². The van der Waals surface area contributed by atoms with Crippen LogP contribution in [0.3, 0.4) is 0 Å². The summed E-state index contributed by atoms with van der Waals surface area (Å²) in [4.78, 5) is 0. The van der Waals surface area contributed by atoms with Crippen molar-refractivity contribution in [3.05, 3.63) is 102 Å². The Bertz CT molecular complexity index is 931. The molecule has 3 aromatic carbocycles.